The van der Waals surface area contributed by atoms with Crippen LogP contribution in [0.15, 0.2) is 5.38 Å². The molecular formula is C10H16N2O2S. The molecule has 0 saturated heterocycles. The highest BCUT2D eigenvalue weighted by molar-refractivity contribution is 7.11. The molecule has 0 saturated carbocycles. The van der Waals surface area contributed by atoms with Crippen molar-refractivity contribution in [3.05, 3.63) is 16.1 Å². The van der Waals surface area contributed by atoms with Crippen LogP contribution in [0.2, 0.25) is 0 Å². The molecule has 1 rings (SSSR count). The lowest BCUT2D eigenvalue weighted by Crippen LogP contribution is -2.27. The van der Waals surface area contributed by atoms with E-state index in [9.17, 15) is 4.79 Å². The fourth-order valence-electron chi connectivity index (χ4n) is 1.31. The molecule has 0 aromatic carbocycles. The second-order valence-electron chi connectivity index (χ2n) is 3.34. The fourth-order valence-corrected chi connectivity index (χ4v) is 1.97. The van der Waals surface area contributed by atoms with Gasteiger partial charge in [-0.1, -0.05) is 13.8 Å². The predicted molar refractivity (Wildman–Crippen MR) is 60.3 cm³/mol. The fraction of sp³-hybridized carbons (Fsp3) is 0.600. The molecule has 1 heterocycles. The lowest BCUT2D eigenvalue weighted by atomic mass is 10.2. The minimum absolute atomic E-state index is 0.163. The van der Waals surface area contributed by atoms with Crippen LogP contribution in [0.4, 0.5) is 0 Å². The van der Waals surface area contributed by atoms with Crippen LogP contribution in [0, 0.1) is 0 Å². The maximum absolute atomic E-state index is 10.6. The average Bonchev–Trinajstić information content (AvgIpc) is 2.68. The van der Waals surface area contributed by atoms with Crippen molar-refractivity contribution >= 4 is 17.3 Å². The first kappa shape index (κ1) is 12.1. The van der Waals surface area contributed by atoms with E-state index in [0.29, 0.717) is 12.6 Å². The van der Waals surface area contributed by atoms with E-state index in [2.05, 4.69) is 24.1 Å². The van der Waals surface area contributed by atoms with Crippen molar-refractivity contribution in [2.24, 2.45) is 0 Å². The highest BCUT2D eigenvalue weighted by Crippen LogP contribution is 2.10. The Morgan fingerprint density at radius 2 is 2.27 bits per heavy atom. The molecule has 1 aromatic heterocycles. The third kappa shape index (κ3) is 3.60. The number of carboxylic acid groups (broad SMARTS) is 1. The van der Waals surface area contributed by atoms with Gasteiger partial charge in [0.2, 0.25) is 5.01 Å². The second kappa shape index (κ2) is 5.82. The predicted octanol–water partition coefficient (Wildman–Crippen LogP) is 2.12. The van der Waals surface area contributed by atoms with Crippen LogP contribution >= 0.6 is 11.3 Å². The van der Waals surface area contributed by atoms with E-state index < -0.39 is 5.97 Å². The zero-order valence-electron chi connectivity index (χ0n) is 8.99. The van der Waals surface area contributed by atoms with Crippen molar-refractivity contribution in [2.45, 2.75) is 39.3 Å². The molecule has 0 aliphatic carbocycles. The van der Waals surface area contributed by atoms with Crippen molar-refractivity contribution in [1.29, 1.82) is 0 Å². The summed E-state index contributed by atoms with van der Waals surface area (Å²) in [4.78, 5) is 14.6. The Morgan fingerprint density at radius 3 is 2.73 bits per heavy atom. The lowest BCUT2D eigenvalue weighted by Gasteiger charge is -2.12. The van der Waals surface area contributed by atoms with Crippen LogP contribution in [-0.2, 0) is 6.54 Å². The summed E-state index contributed by atoms with van der Waals surface area (Å²) in [5, 5.41) is 14.0. The van der Waals surface area contributed by atoms with Crippen LogP contribution in [0.3, 0.4) is 0 Å². The number of rotatable bonds is 6. The van der Waals surface area contributed by atoms with E-state index >= 15 is 0 Å². The molecule has 0 aliphatic heterocycles. The largest absolute Gasteiger partial charge is 0.476 e. The summed E-state index contributed by atoms with van der Waals surface area (Å²) in [6.07, 6.45) is 2.15. The minimum atomic E-state index is -0.950. The third-order valence-electron chi connectivity index (χ3n) is 2.29. The maximum Gasteiger partial charge on any atom is 0.365 e. The second-order valence-corrected chi connectivity index (χ2v) is 4.20. The van der Waals surface area contributed by atoms with E-state index in [1.807, 2.05) is 0 Å². The standard InChI is InChI=1S/C10H16N2O2S/c1-3-7(4-2)11-5-8-6-15-9(12-8)10(13)14/h6-7,11H,3-5H2,1-2H3,(H,13,14). The normalized spacial score (nSPS) is 10.9. The summed E-state index contributed by atoms with van der Waals surface area (Å²) in [7, 11) is 0. The van der Waals surface area contributed by atoms with Crippen molar-refractivity contribution < 1.29 is 9.90 Å². The average molecular weight is 228 g/mol. The molecular weight excluding hydrogens is 212 g/mol. The molecule has 0 bridgehead atoms. The Morgan fingerprint density at radius 1 is 1.60 bits per heavy atom. The molecule has 4 nitrogen and oxygen atoms in total. The molecule has 1 aromatic rings. The molecule has 0 aliphatic rings. The van der Waals surface area contributed by atoms with Gasteiger partial charge in [-0.2, -0.15) is 0 Å². The van der Waals surface area contributed by atoms with Gasteiger partial charge in [0.05, 0.1) is 5.69 Å². The summed E-state index contributed by atoms with van der Waals surface area (Å²) in [5.41, 5.74) is 0.810. The van der Waals surface area contributed by atoms with E-state index in [4.69, 9.17) is 5.11 Å². The number of hydrogen-bond acceptors (Lipinski definition) is 4. The highest BCUT2D eigenvalue weighted by atomic mass is 32.1. The Balaban J connectivity index is 2.47. The van der Waals surface area contributed by atoms with Gasteiger partial charge < -0.3 is 10.4 Å². The Kier molecular flexibility index (Phi) is 4.71. The molecule has 5 heteroatoms. The zero-order valence-corrected chi connectivity index (χ0v) is 9.80. The molecule has 0 radical (unpaired) electrons. The van der Waals surface area contributed by atoms with Crippen LogP contribution < -0.4 is 5.32 Å². The van der Waals surface area contributed by atoms with Crippen LogP contribution in [0.25, 0.3) is 0 Å². The van der Waals surface area contributed by atoms with E-state index in [1.165, 1.54) is 11.3 Å². The summed E-state index contributed by atoms with van der Waals surface area (Å²) in [6.45, 7) is 4.91. The van der Waals surface area contributed by atoms with Crippen molar-refractivity contribution in [3.63, 3.8) is 0 Å². The SMILES string of the molecule is CCC(CC)NCc1csc(C(=O)O)n1. The Labute approximate surface area is 93.4 Å². The van der Waals surface area contributed by atoms with Gasteiger partial charge in [-0.15, -0.1) is 11.3 Å². The third-order valence-corrected chi connectivity index (χ3v) is 3.17. The number of hydrogen-bond donors (Lipinski definition) is 2. The number of carboxylic acids is 1. The van der Waals surface area contributed by atoms with Gasteiger partial charge in [-0.05, 0) is 12.8 Å². The Bertz CT molecular complexity index is 321. The smallest absolute Gasteiger partial charge is 0.365 e. The monoisotopic (exact) mass is 228 g/mol. The molecule has 0 unspecified atom stereocenters. The van der Waals surface area contributed by atoms with Gasteiger partial charge >= 0.3 is 5.97 Å². The first-order valence-corrected chi connectivity index (χ1v) is 5.96. The topological polar surface area (TPSA) is 62.2 Å². The Hall–Kier alpha value is -0.940. The first-order chi connectivity index (χ1) is 7.17. The van der Waals surface area contributed by atoms with Crippen LogP contribution in [-0.4, -0.2) is 22.1 Å². The number of nitrogens with one attached hydrogen (secondary N) is 1. The number of carbonyl (C=O) groups is 1. The molecule has 15 heavy (non-hydrogen) atoms. The first-order valence-electron chi connectivity index (χ1n) is 5.08. The highest BCUT2D eigenvalue weighted by Gasteiger charge is 2.09. The molecule has 0 fully saturated rings. The van der Waals surface area contributed by atoms with Crippen molar-refractivity contribution in [2.75, 3.05) is 0 Å². The van der Waals surface area contributed by atoms with Gasteiger partial charge in [-0.25, -0.2) is 9.78 Å². The quantitative estimate of drug-likeness (QED) is 0.783. The number of nitrogens with zero attached hydrogens (tertiary/aromatic N) is 1. The number of thiazole rings is 1. The van der Waals surface area contributed by atoms with Gasteiger partial charge in [0, 0.05) is 18.0 Å². The molecule has 0 spiro atoms. The van der Waals surface area contributed by atoms with Gasteiger partial charge in [0.1, 0.15) is 0 Å². The maximum atomic E-state index is 10.6. The number of aromatic nitrogens is 1. The van der Waals surface area contributed by atoms with Crippen LogP contribution in [0.1, 0.15) is 42.2 Å². The zero-order chi connectivity index (χ0) is 11.3. The van der Waals surface area contributed by atoms with E-state index in [0.717, 1.165) is 18.5 Å². The lowest BCUT2D eigenvalue weighted by molar-refractivity contribution is 0.0696. The van der Waals surface area contributed by atoms with Crippen LogP contribution in [0.5, 0.6) is 0 Å². The molecule has 0 amide bonds. The van der Waals surface area contributed by atoms with E-state index in [-0.39, 0.29) is 5.01 Å². The minimum Gasteiger partial charge on any atom is -0.476 e. The van der Waals surface area contributed by atoms with Gasteiger partial charge in [0.25, 0.3) is 0 Å². The molecule has 84 valence electrons. The van der Waals surface area contributed by atoms with Crippen molar-refractivity contribution in [1.82, 2.24) is 10.3 Å². The van der Waals surface area contributed by atoms with Crippen molar-refractivity contribution in [3.8, 4) is 0 Å². The van der Waals surface area contributed by atoms with E-state index in [1.54, 1.807) is 5.38 Å². The summed E-state index contributed by atoms with van der Waals surface area (Å²) in [5.74, 6) is -0.950. The number of aromatic carboxylic acids is 1. The molecule has 2 N–H and O–H groups in total. The summed E-state index contributed by atoms with van der Waals surface area (Å²) in [6, 6.07) is 0.486. The summed E-state index contributed by atoms with van der Waals surface area (Å²) >= 11 is 1.17. The summed E-state index contributed by atoms with van der Waals surface area (Å²) < 4.78 is 0. The van der Waals surface area contributed by atoms with Gasteiger partial charge in [-0.3, -0.25) is 0 Å². The molecule has 0 atom stereocenters. The van der Waals surface area contributed by atoms with Gasteiger partial charge in [0.15, 0.2) is 0 Å².